The number of esters is 1. The maximum Gasteiger partial charge on any atom is 0.316 e. The summed E-state index contributed by atoms with van der Waals surface area (Å²) in [5.74, 6) is -2.69. The van der Waals surface area contributed by atoms with Gasteiger partial charge < -0.3 is 9.64 Å². The number of benzene rings is 2. The molecular formula is C26H23Br2FN2O5. The standard InChI is InChI=1S/C26H23Br2FN2O5/c1-13-8-17(36-26(35)14-9-23(32)30(12-14)16-4-2-15(29)3-5-16)6-7-22(13)31-24(33)18-10-20(27)21(28)11-19(18)25(31)34/h2-8,14,18-21H,9-12H2,1H3/t14-,18-,19+,20+,21+/m1/s1. The smallest absolute Gasteiger partial charge is 0.316 e. The second-order valence-electron chi connectivity index (χ2n) is 9.48. The van der Waals surface area contributed by atoms with Gasteiger partial charge in [0.1, 0.15) is 11.6 Å². The Labute approximate surface area is 224 Å². The topological polar surface area (TPSA) is 84.0 Å². The summed E-state index contributed by atoms with van der Waals surface area (Å²) in [7, 11) is 0. The Balaban J connectivity index is 1.28. The fraction of sp³-hybridized carbons (Fsp3) is 0.385. The molecule has 0 radical (unpaired) electrons. The van der Waals surface area contributed by atoms with Crippen molar-refractivity contribution in [2.24, 2.45) is 17.8 Å². The van der Waals surface area contributed by atoms with Crippen molar-refractivity contribution in [3.63, 3.8) is 0 Å². The molecule has 10 heteroatoms. The van der Waals surface area contributed by atoms with Gasteiger partial charge in [-0.25, -0.2) is 9.29 Å². The van der Waals surface area contributed by atoms with Crippen molar-refractivity contribution in [3.8, 4) is 5.75 Å². The molecule has 2 heterocycles. The van der Waals surface area contributed by atoms with Crippen LogP contribution in [0.5, 0.6) is 5.75 Å². The Morgan fingerprint density at radius 3 is 2.17 bits per heavy atom. The van der Waals surface area contributed by atoms with Crippen LogP contribution in [-0.2, 0) is 19.2 Å². The molecule has 2 aromatic rings. The Kier molecular flexibility index (Phi) is 6.76. The fourth-order valence-electron chi connectivity index (χ4n) is 5.21. The second-order valence-corrected chi connectivity index (χ2v) is 11.8. The van der Waals surface area contributed by atoms with Crippen LogP contribution in [0.1, 0.15) is 24.8 Å². The molecule has 7 nitrogen and oxygen atoms in total. The lowest BCUT2D eigenvalue weighted by atomic mass is 9.81. The molecule has 2 saturated heterocycles. The van der Waals surface area contributed by atoms with E-state index in [-0.39, 0.29) is 57.9 Å². The van der Waals surface area contributed by atoms with Gasteiger partial charge in [-0.15, -0.1) is 0 Å². The van der Waals surface area contributed by atoms with E-state index >= 15 is 0 Å². The van der Waals surface area contributed by atoms with Crippen molar-refractivity contribution >= 4 is 66.9 Å². The molecule has 1 aliphatic carbocycles. The molecule has 5 rings (SSSR count). The number of ether oxygens (including phenoxy) is 1. The molecule has 0 spiro atoms. The number of halogens is 3. The van der Waals surface area contributed by atoms with E-state index in [0.29, 0.717) is 29.8 Å². The number of anilines is 2. The first kappa shape index (κ1) is 25.1. The number of carbonyl (C=O) groups excluding carboxylic acids is 4. The fourth-order valence-corrected chi connectivity index (χ4v) is 6.45. The Bertz CT molecular complexity index is 1230. The molecule has 0 aromatic heterocycles. The lowest BCUT2D eigenvalue weighted by Gasteiger charge is -2.29. The predicted molar refractivity (Wildman–Crippen MR) is 138 cm³/mol. The van der Waals surface area contributed by atoms with Crippen LogP contribution < -0.4 is 14.5 Å². The summed E-state index contributed by atoms with van der Waals surface area (Å²) in [6.07, 6.45) is 1.17. The number of alkyl halides is 2. The Hall–Kier alpha value is -2.59. The minimum absolute atomic E-state index is 0.00400. The van der Waals surface area contributed by atoms with Gasteiger partial charge >= 0.3 is 5.97 Å². The van der Waals surface area contributed by atoms with Gasteiger partial charge in [0.25, 0.3) is 0 Å². The summed E-state index contributed by atoms with van der Waals surface area (Å²) < 4.78 is 18.8. The predicted octanol–water partition coefficient (Wildman–Crippen LogP) is 4.52. The van der Waals surface area contributed by atoms with Crippen LogP contribution in [0.25, 0.3) is 0 Å². The van der Waals surface area contributed by atoms with Gasteiger partial charge in [0.05, 0.1) is 23.4 Å². The lowest BCUT2D eigenvalue weighted by Crippen LogP contribution is -2.34. The molecule has 3 aliphatic rings. The minimum atomic E-state index is -0.665. The maximum absolute atomic E-state index is 13.2. The van der Waals surface area contributed by atoms with Gasteiger partial charge in [0, 0.05) is 28.3 Å². The number of hydrogen-bond donors (Lipinski definition) is 0. The first-order chi connectivity index (χ1) is 17.1. The lowest BCUT2D eigenvalue weighted by molar-refractivity contribution is -0.139. The van der Waals surface area contributed by atoms with Gasteiger partial charge in [-0.05, 0) is 67.8 Å². The number of hydrogen-bond acceptors (Lipinski definition) is 5. The summed E-state index contributed by atoms with van der Waals surface area (Å²) in [6, 6.07) is 10.3. The number of rotatable bonds is 4. The average molecular weight is 622 g/mol. The number of carbonyl (C=O) groups is 4. The van der Waals surface area contributed by atoms with Crippen molar-refractivity contribution < 1.29 is 28.3 Å². The number of nitrogens with zero attached hydrogens (tertiary/aromatic N) is 2. The van der Waals surface area contributed by atoms with Gasteiger partial charge in [-0.2, -0.15) is 0 Å². The van der Waals surface area contributed by atoms with Gasteiger partial charge in [0.2, 0.25) is 17.7 Å². The molecule has 188 valence electrons. The van der Waals surface area contributed by atoms with Gasteiger partial charge in [-0.1, -0.05) is 31.9 Å². The summed E-state index contributed by atoms with van der Waals surface area (Å²) in [6.45, 7) is 1.90. The molecule has 0 N–H and O–H groups in total. The van der Waals surface area contributed by atoms with Crippen LogP contribution in [0.4, 0.5) is 15.8 Å². The summed E-state index contributed by atoms with van der Waals surface area (Å²) >= 11 is 7.19. The molecule has 3 fully saturated rings. The Morgan fingerprint density at radius 1 is 0.972 bits per heavy atom. The van der Waals surface area contributed by atoms with Crippen LogP contribution in [0, 0.1) is 30.5 Å². The highest BCUT2D eigenvalue weighted by atomic mass is 79.9. The molecule has 1 saturated carbocycles. The summed E-state index contributed by atoms with van der Waals surface area (Å²) in [5, 5.41) is 0. The van der Waals surface area contributed by atoms with Crippen LogP contribution in [0.2, 0.25) is 0 Å². The van der Waals surface area contributed by atoms with E-state index in [4.69, 9.17) is 4.74 Å². The first-order valence-corrected chi connectivity index (χ1v) is 13.5. The van der Waals surface area contributed by atoms with Crippen molar-refractivity contribution in [1.29, 1.82) is 0 Å². The van der Waals surface area contributed by atoms with Crippen LogP contribution in [-0.4, -0.2) is 39.9 Å². The first-order valence-electron chi connectivity index (χ1n) is 11.7. The third-order valence-corrected chi connectivity index (χ3v) is 9.87. The Morgan fingerprint density at radius 2 is 1.58 bits per heavy atom. The van der Waals surface area contributed by atoms with E-state index in [9.17, 15) is 23.6 Å². The van der Waals surface area contributed by atoms with Gasteiger partial charge in [-0.3, -0.25) is 19.2 Å². The van der Waals surface area contributed by atoms with Crippen molar-refractivity contribution in [3.05, 3.63) is 53.8 Å². The average Bonchev–Trinajstić information content (AvgIpc) is 3.33. The zero-order chi connectivity index (χ0) is 25.7. The van der Waals surface area contributed by atoms with Crippen molar-refractivity contribution in [2.75, 3.05) is 16.3 Å². The quantitative estimate of drug-likeness (QED) is 0.217. The number of aryl methyl sites for hydroxylation is 1. The number of amides is 3. The van der Waals surface area contributed by atoms with Gasteiger partial charge in [0.15, 0.2) is 0 Å². The van der Waals surface area contributed by atoms with E-state index in [1.165, 1.54) is 34.1 Å². The molecule has 0 unspecified atom stereocenters. The molecule has 2 aliphatic heterocycles. The molecule has 36 heavy (non-hydrogen) atoms. The van der Waals surface area contributed by atoms with E-state index in [1.807, 2.05) is 0 Å². The zero-order valence-electron chi connectivity index (χ0n) is 19.3. The normalized spacial score (nSPS) is 28.0. The highest BCUT2D eigenvalue weighted by Gasteiger charge is 2.52. The van der Waals surface area contributed by atoms with E-state index < -0.39 is 17.7 Å². The SMILES string of the molecule is Cc1cc(OC(=O)[C@@H]2CC(=O)N(c3ccc(F)cc3)C2)ccc1N1C(=O)[C@H]2C[C@H](Br)[C@@H](Br)C[C@H]2C1=O. The van der Waals surface area contributed by atoms with E-state index in [1.54, 1.807) is 25.1 Å². The van der Waals surface area contributed by atoms with Crippen molar-refractivity contribution in [2.45, 2.75) is 35.8 Å². The summed E-state index contributed by atoms with van der Waals surface area (Å²) in [5.41, 5.74) is 1.63. The number of fused-ring (bicyclic) bond motifs is 1. The monoisotopic (exact) mass is 620 g/mol. The summed E-state index contributed by atoms with van der Waals surface area (Å²) in [4.78, 5) is 54.4. The zero-order valence-corrected chi connectivity index (χ0v) is 22.5. The van der Waals surface area contributed by atoms with Crippen molar-refractivity contribution in [1.82, 2.24) is 0 Å². The molecule has 2 aromatic carbocycles. The van der Waals surface area contributed by atoms with Crippen LogP contribution >= 0.6 is 31.9 Å². The van der Waals surface area contributed by atoms with Crippen LogP contribution in [0.3, 0.4) is 0 Å². The minimum Gasteiger partial charge on any atom is -0.426 e. The third-order valence-electron chi connectivity index (χ3n) is 7.14. The highest BCUT2D eigenvalue weighted by Crippen LogP contribution is 2.45. The molecule has 5 atom stereocenters. The van der Waals surface area contributed by atoms with Crippen LogP contribution in [0.15, 0.2) is 42.5 Å². The van der Waals surface area contributed by atoms with E-state index in [0.717, 1.165) is 0 Å². The largest absolute Gasteiger partial charge is 0.426 e. The highest BCUT2D eigenvalue weighted by molar-refractivity contribution is 9.12. The molecule has 0 bridgehead atoms. The number of imide groups is 1. The third kappa shape index (κ3) is 4.49. The molecular weight excluding hydrogens is 599 g/mol. The maximum atomic E-state index is 13.2. The molecule has 3 amide bonds. The van der Waals surface area contributed by atoms with E-state index in [2.05, 4.69) is 31.9 Å². The second kappa shape index (κ2) is 9.70.